The van der Waals surface area contributed by atoms with Crippen LogP contribution in [0.25, 0.3) is 11.4 Å². The average molecular weight is 366 g/mol. The van der Waals surface area contributed by atoms with Crippen molar-refractivity contribution in [2.24, 2.45) is 0 Å². The first-order chi connectivity index (χ1) is 13.1. The Morgan fingerprint density at radius 1 is 1.26 bits per heavy atom. The third kappa shape index (κ3) is 3.58. The minimum Gasteiger partial charge on any atom is -0.339 e. The minimum atomic E-state index is -0.311. The van der Waals surface area contributed by atoms with E-state index in [0.29, 0.717) is 35.9 Å². The van der Waals surface area contributed by atoms with Gasteiger partial charge in [-0.2, -0.15) is 4.98 Å². The summed E-state index contributed by atoms with van der Waals surface area (Å²) >= 11 is 0. The van der Waals surface area contributed by atoms with Gasteiger partial charge in [0.15, 0.2) is 0 Å². The van der Waals surface area contributed by atoms with Crippen molar-refractivity contribution in [1.29, 1.82) is 0 Å². The van der Waals surface area contributed by atoms with E-state index >= 15 is 0 Å². The Morgan fingerprint density at radius 3 is 2.85 bits per heavy atom. The van der Waals surface area contributed by atoms with Gasteiger partial charge in [0, 0.05) is 30.5 Å². The maximum absolute atomic E-state index is 13.1. The molecule has 7 heteroatoms. The molecule has 1 aromatic carbocycles. The van der Waals surface area contributed by atoms with Gasteiger partial charge in [0.05, 0.1) is 11.5 Å². The van der Waals surface area contributed by atoms with E-state index in [9.17, 15) is 9.18 Å². The van der Waals surface area contributed by atoms with Crippen molar-refractivity contribution in [2.75, 3.05) is 13.1 Å². The molecule has 1 saturated heterocycles. The van der Waals surface area contributed by atoms with Crippen LogP contribution in [0.15, 0.2) is 47.1 Å². The smallest absolute Gasteiger partial charge is 0.255 e. The van der Waals surface area contributed by atoms with Crippen LogP contribution in [-0.4, -0.2) is 39.0 Å². The van der Waals surface area contributed by atoms with Gasteiger partial charge in [-0.05, 0) is 56.2 Å². The SMILES string of the molecule is Cc1ncccc1C(=O)N1CCC[C@H](c2nc(-c3ccc(F)cc3)no2)C1. The zero-order valence-corrected chi connectivity index (χ0v) is 14.9. The van der Waals surface area contributed by atoms with Gasteiger partial charge in [-0.15, -0.1) is 0 Å². The summed E-state index contributed by atoms with van der Waals surface area (Å²) in [4.78, 5) is 23.3. The highest BCUT2D eigenvalue weighted by molar-refractivity contribution is 5.95. The quantitative estimate of drug-likeness (QED) is 0.708. The predicted molar refractivity (Wildman–Crippen MR) is 96.5 cm³/mol. The topological polar surface area (TPSA) is 72.1 Å². The van der Waals surface area contributed by atoms with Crippen molar-refractivity contribution in [3.05, 3.63) is 65.6 Å². The van der Waals surface area contributed by atoms with Crippen molar-refractivity contribution in [3.63, 3.8) is 0 Å². The van der Waals surface area contributed by atoms with E-state index in [1.807, 2.05) is 11.8 Å². The fraction of sp³-hybridized carbons (Fsp3) is 0.300. The summed E-state index contributed by atoms with van der Waals surface area (Å²) in [5.41, 5.74) is 2.04. The monoisotopic (exact) mass is 366 g/mol. The zero-order chi connectivity index (χ0) is 18.8. The molecule has 6 nitrogen and oxygen atoms in total. The molecule has 4 rings (SSSR count). The summed E-state index contributed by atoms with van der Waals surface area (Å²) < 4.78 is 18.5. The second-order valence-electron chi connectivity index (χ2n) is 6.69. The maximum Gasteiger partial charge on any atom is 0.255 e. The molecular weight excluding hydrogens is 347 g/mol. The summed E-state index contributed by atoms with van der Waals surface area (Å²) in [6.07, 6.45) is 3.42. The van der Waals surface area contributed by atoms with Crippen molar-refractivity contribution in [2.45, 2.75) is 25.7 Å². The van der Waals surface area contributed by atoms with Gasteiger partial charge in [-0.3, -0.25) is 9.78 Å². The number of rotatable bonds is 3. The molecule has 138 valence electrons. The number of aryl methyl sites for hydroxylation is 1. The van der Waals surface area contributed by atoms with E-state index in [0.717, 1.165) is 18.5 Å². The molecule has 0 spiro atoms. The first-order valence-electron chi connectivity index (χ1n) is 8.92. The third-order valence-corrected chi connectivity index (χ3v) is 4.84. The summed E-state index contributed by atoms with van der Waals surface area (Å²) in [6, 6.07) is 9.53. The first kappa shape index (κ1) is 17.3. The van der Waals surface area contributed by atoms with Crippen molar-refractivity contribution in [1.82, 2.24) is 20.0 Å². The van der Waals surface area contributed by atoms with Crippen LogP contribution in [0, 0.1) is 12.7 Å². The lowest BCUT2D eigenvalue weighted by molar-refractivity contribution is 0.0694. The number of pyridine rings is 1. The highest BCUT2D eigenvalue weighted by Gasteiger charge is 2.29. The summed E-state index contributed by atoms with van der Waals surface area (Å²) in [5.74, 6) is 0.589. The van der Waals surface area contributed by atoms with Crippen molar-refractivity contribution >= 4 is 5.91 Å². The molecule has 2 aromatic heterocycles. The molecule has 3 aromatic rings. The Bertz CT molecular complexity index is 955. The number of benzene rings is 1. The van der Waals surface area contributed by atoms with E-state index in [2.05, 4.69) is 15.1 Å². The number of aromatic nitrogens is 3. The lowest BCUT2D eigenvalue weighted by atomic mass is 9.97. The normalized spacial score (nSPS) is 17.1. The molecule has 27 heavy (non-hydrogen) atoms. The number of amides is 1. The fourth-order valence-corrected chi connectivity index (χ4v) is 3.36. The number of halogens is 1. The number of carbonyl (C=O) groups excluding carboxylic acids is 1. The lowest BCUT2D eigenvalue weighted by Gasteiger charge is -2.31. The van der Waals surface area contributed by atoms with Crippen LogP contribution in [0.3, 0.4) is 0 Å². The zero-order valence-electron chi connectivity index (χ0n) is 14.9. The molecule has 1 fully saturated rings. The summed E-state index contributed by atoms with van der Waals surface area (Å²) in [5, 5.41) is 4.01. The first-order valence-corrected chi connectivity index (χ1v) is 8.92. The number of likely N-dealkylation sites (tertiary alicyclic amines) is 1. The van der Waals surface area contributed by atoms with Gasteiger partial charge in [0.25, 0.3) is 5.91 Å². The van der Waals surface area contributed by atoms with E-state index in [-0.39, 0.29) is 17.6 Å². The third-order valence-electron chi connectivity index (χ3n) is 4.84. The largest absolute Gasteiger partial charge is 0.339 e. The van der Waals surface area contributed by atoms with Gasteiger partial charge in [0.1, 0.15) is 5.82 Å². The van der Waals surface area contributed by atoms with Crippen LogP contribution in [-0.2, 0) is 0 Å². The molecule has 0 bridgehead atoms. The fourth-order valence-electron chi connectivity index (χ4n) is 3.36. The molecule has 0 unspecified atom stereocenters. The summed E-state index contributed by atoms with van der Waals surface area (Å²) in [6.45, 7) is 3.06. The Morgan fingerprint density at radius 2 is 2.07 bits per heavy atom. The number of hydrogen-bond donors (Lipinski definition) is 0. The van der Waals surface area contributed by atoms with Gasteiger partial charge in [-0.1, -0.05) is 5.16 Å². The van der Waals surface area contributed by atoms with E-state index in [4.69, 9.17) is 4.52 Å². The Hall–Kier alpha value is -3.09. The predicted octanol–water partition coefficient (Wildman–Crippen LogP) is 3.60. The molecule has 1 aliphatic heterocycles. The average Bonchev–Trinajstić information content (AvgIpc) is 3.19. The van der Waals surface area contributed by atoms with E-state index in [1.165, 1.54) is 12.1 Å². The summed E-state index contributed by atoms with van der Waals surface area (Å²) in [7, 11) is 0. The van der Waals surface area contributed by atoms with Crippen molar-refractivity contribution in [3.8, 4) is 11.4 Å². The van der Waals surface area contributed by atoms with Crippen LogP contribution in [0.5, 0.6) is 0 Å². The Kier molecular flexibility index (Phi) is 4.66. The second kappa shape index (κ2) is 7.26. The van der Waals surface area contributed by atoms with Gasteiger partial charge in [0.2, 0.25) is 11.7 Å². The molecule has 1 amide bonds. The maximum atomic E-state index is 13.1. The molecule has 1 aliphatic rings. The molecule has 0 aliphatic carbocycles. The Balaban J connectivity index is 1.51. The number of nitrogens with zero attached hydrogens (tertiary/aromatic N) is 4. The van der Waals surface area contributed by atoms with Crippen molar-refractivity contribution < 1.29 is 13.7 Å². The number of piperidine rings is 1. The van der Waals surface area contributed by atoms with E-state index in [1.54, 1.807) is 30.5 Å². The molecular formula is C20H19FN4O2. The molecule has 3 heterocycles. The second-order valence-corrected chi connectivity index (χ2v) is 6.69. The Labute approximate surface area is 156 Å². The highest BCUT2D eigenvalue weighted by atomic mass is 19.1. The van der Waals surface area contributed by atoms with E-state index < -0.39 is 0 Å². The molecule has 0 saturated carbocycles. The molecule has 1 atom stereocenters. The van der Waals surface area contributed by atoms with Crippen LogP contribution in [0.4, 0.5) is 4.39 Å². The standard InChI is InChI=1S/C20H19FN4O2/c1-13-17(5-2-10-22-13)20(26)25-11-3-4-15(12-25)19-23-18(24-27-19)14-6-8-16(21)9-7-14/h2,5-10,15H,3-4,11-12H2,1H3/t15-/m0/s1. The lowest BCUT2D eigenvalue weighted by Crippen LogP contribution is -2.39. The number of carbonyl (C=O) groups is 1. The molecule has 0 radical (unpaired) electrons. The number of hydrogen-bond acceptors (Lipinski definition) is 5. The van der Waals surface area contributed by atoms with Crippen LogP contribution < -0.4 is 0 Å². The van der Waals surface area contributed by atoms with Crippen LogP contribution in [0.1, 0.15) is 40.7 Å². The van der Waals surface area contributed by atoms with Gasteiger partial charge < -0.3 is 9.42 Å². The molecule has 0 N–H and O–H groups in total. The van der Waals surface area contributed by atoms with Crippen LogP contribution >= 0.6 is 0 Å². The minimum absolute atomic E-state index is 0.0126. The van der Waals surface area contributed by atoms with Gasteiger partial charge >= 0.3 is 0 Å². The highest BCUT2D eigenvalue weighted by Crippen LogP contribution is 2.28. The van der Waals surface area contributed by atoms with Crippen LogP contribution in [0.2, 0.25) is 0 Å². The van der Waals surface area contributed by atoms with Gasteiger partial charge in [-0.25, -0.2) is 4.39 Å².